The van der Waals surface area contributed by atoms with E-state index in [0.29, 0.717) is 5.75 Å². The van der Waals surface area contributed by atoms with Crippen LogP contribution in [-0.4, -0.2) is 21.3 Å². The summed E-state index contributed by atoms with van der Waals surface area (Å²) in [5.41, 5.74) is 2.97. The van der Waals surface area contributed by atoms with Gasteiger partial charge in [0, 0.05) is 19.9 Å². The standard InChI is InChI=1S/C18H23NO3.ClH/c1-5-14-10-12-15(13-11-14)19-18(21-3,22-4)16-8-6-7-9-17(16)20-2;/h6-13,19H,5H2,1-4H3;1H. The molecule has 0 unspecified atom stereocenters. The van der Waals surface area contributed by atoms with Gasteiger partial charge in [0.05, 0.1) is 12.7 Å². The smallest absolute Gasteiger partial charge is 0.280 e. The number of nitrogens with one attached hydrogen (secondary N) is 1. The molecule has 0 bridgehead atoms. The lowest BCUT2D eigenvalue weighted by Gasteiger charge is -2.33. The predicted octanol–water partition coefficient (Wildman–Crippen LogP) is 4.19. The summed E-state index contributed by atoms with van der Waals surface area (Å²) in [4.78, 5) is 0. The maximum absolute atomic E-state index is 5.66. The molecule has 0 aromatic heterocycles. The molecule has 1 N–H and O–H groups in total. The first-order valence-electron chi connectivity index (χ1n) is 7.30. The van der Waals surface area contributed by atoms with Crippen molar-refractivity contribution in [3.05, 3.63) is 59.7 Å². The lowest BCUT2D eigenvalue weighted by molar-refractivity contribution is -0.194. The Labute approximate surface area is 144 Å². The number of hydrogen-bond acceptors (Lipinski definition) is 4. The number of halogens is 1. The van der Waals surface area contributed by atoms with Crippen LogP contribution in [0.4, 0.5) is 5.69 Å². The van der Waals surface area contributed by atoms with E-state index in [4.69, 9.17) is 14.2 Å². The van der Waals surface area contributed by atoms with Gasteiger partial charge in [0.15, 0.2) is 0 Å². The van der Waals surface area contributed by atoms with Crippen LogP contribution in [-0.2, 0) is 21.8 Å². The second-order valence-electron chi connectivity index (χ2n) is 4.90. The topological polar surface area (TPSA) is 39.7 Å². The largest absolute Gasteiger partial charge is 0.496 e. The van der Waals surface area contributed by atoms with Crippen LogP contribution >= 0.6 is 12.4 Å². The Hall–Kier alpha value is -1.75. The molecule has 5 heteroatoms. The fourth-order valence-electron chi connectivity index (χ4n) is 2.40. The van der Waals surface area contributed by atoms with Gasteiger partial charge in [0.25, 0.3) is 5.91 Å². The van der Waals surface area contributed by atoms with E-state index in [9.17, 15) is 0 Å². The quantitative estimate of drug-likeness (QED) is 0.769. The van der Waals surface area contributed by atoms with Crippen LogP contribution in [0.1, 0.15) is 18.1 Å². The van der Waals surface area contributed by atoms with E-state index < -0.39 is 5.91 Å². The molecular weight excluding hydrogens is 314 g/mol. The van der Waals surface area contributed by atoms with Gasteiger partial charge in [-0.25, -0.2) is 0 Å². The fourth-order valence-corrected chi connectivity index (χ4v) is 2.40. The van der Waals surface area contributed by atoms with Gasteiger partial charge in [-0.15, -0.1) is 12.4 Å². The normalized spacial score (nSPS) is 10.8. The molecule has 0 amide bonds. The molecule has 126 valence electrons. The van der Waals surface area contributed by atoms with Gasteiger partial charge in [-0.1, -0.05) is 31.2 Å². The Bertz CT molecular complexity index is 597. The first-order chi connectivity index (χ1) is 10.7. The Morgan fingerprint density at radius 2 is 1.52 bits per heavy atom. The summed E-state index contributed by atoms with van der Waals surface area (Å²) in [5, 5.41) is 3.31. The van der Waals surface area contributed by atoms with Crippen LogP contribution in [0.25, 0.3) is 0 Å². The maximum atomic E-state index is 5.66. The summed E-state index contributed by atoms with van der Waals surface area (Å²) < 4.78 is 16.8. The number of rotatable bonds is 7. The third-order valence-electron chi connectivity index (χ3n) is 3.71. The highest BCUT2D eigenvalue weighted by Crippen LogP contribution is 2.34. The number of ether oxygens (including phenoxy) is 3. The van der Waals surface area contributed by atoms with Crippen molar-refractivity contribution in [1.29, 1.82) is 0 Å². The molecule has 0 heterocycles. The number of anilines is 1. The maximum Gasteiger partial charge on any atom is 0.280 e. The van der Waals surface area contributed by atoms with E-state index in [-0.39, 0.29) is 12.4 Å². The van der Waals surface area contributed by atoms with Crippen molar-refractivity contribution >= 4 is 18.1 Å². The molecule has 0 radical (unpaired) electrons. The number of methoxy groups -OCH3 is 3. The van der Waals surface area contributed by atoms with Gasteiger partial charge in [0.2, 0.25) is 0 Å². The number of benzene rings is 2. The molecule has 0 fully saturated rings. The zero-order valence-electron chi connectivity index (χ0n) is 14.0. The molecule has 0 atom stereocenters. The first kappa shape index (κ1) is 19.3. The van der Waals surface area contributed by atoms with E-state index in [0.717, 1.165) is 17.7 Å². The van der Waals surface area contributed by atoms with E-state index in [1.54, 1.807) is 21.3 Å². The lowest BCUT2D eigenvalue weighted by atomic mass is 10.1. The van der Waals surface area contributed by atoms with Gasteiger partial charge < -0.3 is 19.5 Å². The summed E-state index contributed by atoms with van der Waals surface area (Å²) >= 11 is 0. The molecule has 0 spiro atoms. The third-order valence-corrected chi connectivity index (χ3v) is 3.71. The number of hydrogen-bond donors (Lipinski definition) is 1. The van der Waals surface area contributed by atoms with Crippen LogP contribution in [0.3, 0.4) is 0 Å². The van der Waals surface area contributed by atoms with Crippen molar-refractivity contribution in [3.8, 4) is 5.75 Å². The van der Waals surface area contributed by atoms with E-state index in [1.165, 1.54) is 5.56 Å². The first-order valence-corrected chi connectivity index (χ1v) is 7.30. The molecule has 23 heavy (non-hydrogen) atoms. The molecule has 2 aromatic carbocycles. The van der Waals surface area contributed by atoms with Crippen molar-refractivity contribution in [2.45, 2.75) is 19.3 Å². The minimum atomic E-state index is -1.11. The summed E-state index contributed by atoms with van der Waals surface area (Å²) in [6, 6.07) is 15.8. The third kappa shape index (κ3) is 4.16. The summed E-state index contributed by atoms with van der Waals surface area (Å²) in [6.07, 6.45) is 1.01. The zero-order valence-corrected chi connectivity index (χ0v) is 14.8. The lowest BCUT2D eigenvalue weighted by Crippen LogP contribution is -2.39. The molecule has 4 nitrogen and oxygen atoms in total. The monoisotopic (exact) mass is 337 g/mol. The minimum absolute atomic E-state index is 0. The summed E-state index contributed by atoms with van der Waals surface area (Å²) in [5.74, 6) is -0.413. The Morgan fingerprint density at radius 3 is 2.04 bits per heavy atom. The second-order valence-corrected chi connectivity index (χ2v) is 4.90. The van der Waals surface area contributed by atoms with E-state index >= 15 is 0 Å². The molecule has 2 aromatic rings. The highest BCUT2D eigenvalue weighted by Gasteiger charge is 2.35. The van der Waals surface area contributed by atoms with Crippen LogP contribution in [0.15, 0.2) is 48.5 Å². The summed E-state index contributed by atoms with van der Waals surface area (Å²) in [6.45, 7) is 2.13. The predicted molar refractivity (Wildman–Crippen MR) is 95.4 cm³/mol. The van der Waals surface area contributed by atoms with Gasteiger partial charge in [-0.3, -0.25) is 0 Å². The fraction of sp³-hybridized carbons (Fsp3) is 0.333. The molecular formula is C18H24ClNO3. The minimum Gasteiger partial charge on any atom is -0.496 e. The van der Waals surface area contributed by atoms with Gasteiger partial charge in [0.1, 0.15) is 5.75 Å². The average molecular weight is 338 g/mol. The average Bonchev–Trinajstić information content (AvgIpc) is 2.60. The van der Waals surface area contributed by atoms with Crippen LogP contribution in [0.5, 0.6) is 5.75 Å². The Balaban J connectivity index is 0.00000264. The second kappa shape index (κ2) is 8.77. The Kier molecular flexibility index (Phi) is 7.36. The van der Waals surface area contributed by atoms with Crippen LogP contribution < -0.4 is 10.1 Å². The van der Waals surface area contributed by atoms with Crippen LogP contribution in [0, 0.1) is 0 Å². The van der Waals surface area contributed by atoms with E-state index in [2.05, 4.69) is 24.4 Å². The molecule has 0 aliphatic rings. The zero-order chi connectivity index (χ0) is 16.0. The molecule has 0 aliphatic carbocycles. The van der Waals surface area contributed by atoms with Crippen molar-refractivity contribution in [3.63, 3.8) is 0 Å². The van der Waals surface area contributed by atoms with Crippen LogP contribution in [0.2, 0.25) is 0 Å². The summed E-state index contributed by atoms with van der Waals surface area (Å²) in [7, 11) is 4.83. The van der Waals surface area contributed by atoms with Crippen molar-refractivity contribution < 1.29 is 14.2 Å². The Morgan fingerprint density at radius 1 is 0.913 bits per heavy atom. The highest BCUT2D eigenvalue weighted by molar-refractivity contribution is 5.85. The molecule has 0 aliphatic heterocycles. The molecule has 0 saturated carbocycles. The van der Waals surface area contributed by atoms with Gasteiger partial charge >= 0.3 is 0 Å². The van der Waals surface area contributed by atoms with Gasteiger partial charge in [-0.2, -0.15) is 0 Å². The highest BCUT2D eigenvalue weighted by atomic mass is 35.5. The number of para-hydroxylation sites is 1. The molecule has 2 rings (SSSR count). The SMILES string of the molecule is CCc1ccc(NC(OC)(OC)c2ccccc2OC)cc1.Cl. The van der Waals surface area contributed by atoms with Gasteiger partial charge in [-0.05, 0) is 36.2 Å². The van der Waals surface area contributed by atoms with Crippen molar-refractivity contribution in [2.24, 2.45) is 0 Å². The molecule has 0 saturated heterocycles. The van der Waals surface area contributed by atoms with Crippen molar-refractivity contribution in [1.82, 2.24) is 0 Å². The number of aryl methyl sites for hydroxylation is 1. The van der Waals surface area contributed by atoms with E-state index in [1.807, 2.05) is 36.4 Å². The van der Waals surface area contributed by atoms with Crippen molar-refractivity contribution in [2.75, 3.05) is 26.6 Å².